The van der Waals surface area contributed by atoms with E-state index in [1.54, 1.807) is 0 Å². The first-order valence-electron chi connectivity index (χ1n) is 4.29. The minimum atomic E-state index is 0.609. The Labute approximate surface area is 90.9 Å². The summed E-state index contributed by atoms with van der Waals surface area (Å²) < 4.78 is 0.787. The molecule has 2 aromatic rings. The quantitative estimate of drug-likeness (QED) is 0.846. The highest BCUT2D eigenvalue weighted by molar-refractivity contribution is 7.19. The number of rotatable bonds is 3. The number of thiophene rings is 1. The van der Waals surface area contributed by atoms with Gasteiger partial charge in [-0.25, -0.2) is 4.98 Å². The zero-order valence-corrected chi connectivity index (χ0v) is 9.03. The molecule has 2 heterocycles. The number of hydrogen-bond donors (Lipinski definition) is 2. The predicted molar refractivity (Wildman–Crippen MR) is 59.7 cm³/mol. The van der Waals surface area contributed by atoms with Crippen molar-refractivity contribution < 1.29 is 0 Å². The molecule has 2 aromatic heterocycles. The maximum absolute atomic E-state index is 5.84. The highest BCUT2D eigenvalue weighted by atomic mass is 35.5. The molecule has 0 aliphatic carbocycles. The van der Waals surface area contributed by atoms with Gasteiger partial charge in [0, 0.05) is 6.42 Å². The molecule has 0 aliphatic heterocycles. The van der Waals surface area contributed by atoms with Crippen LogP contribution >= 0.6 is 22.9 Å². The first kappa shape index (κ1) is 9.71. The first-order chi connectivity index (χ1) is 6.79. The highest BCUT2D eigenvalue weighted by Gasteiger charge is 2.04. The van der Waals surface area contributed by atoms with Crippen molar-refractivity contribution in [1.82, 2.24) is 9.97 Å². The Hall–Kier alpha value is -0.840. The SMILES string of the molecule is NCCc1ncc(-c2ccc(Cl)s2)[nH]1. The lowest BCUT2D eigenvalue weighted by molar-refractivity contribution is 0.895. The standard InChI is InChI=1S/C9H10ClN3S/c10-8-2-1-7(14-8)6-5-12-9(13-6)3-4-11/h1-2,5H,3-4,11H2,(H,12,13). The summed E-state index contributed by atoms with van der Waals surface area (Å²) >= 11 is 7.38. The van der Waals surface area contributed by atoms with Crippen molar-refractivity contribution in [3.63, 3.8) is 0 Å². The molecule has 0 aliphatic rings. The van der Waals surface area contributed by atoms with E-state index >= 15 is 0 Å². The summed E-state index contributed by atoms with van der Waals surface area (Å²) in [6, 6.07) is 3.86. The van der Waals surface area contributed by atoms with E-state index in [1.165, 1.54) is 11.3 Å². The molecule has 0 radical (unpaired) electrons. The van der Waals surface area contributed by atoms with Gasteiger partial charge < -0.3 is 10.7 Å². The van der Waals surface area contributed by atoms with Crippen molar-refractivity contribution in [2.45, 2.75) is 6.42 Å². The number of hydrogen-bond acceptors (Lipinski definition) is 3. The van der Waals surface area contributed by atoms with Gasteiger partial charge in [-0.2, -0.15) is 0 Å². The predicted octanol–water partition coefficient (Wildman–Crippen LogP) is 2.29. The molecule has 5 heteroatoms. The molecule has 0 spiro atoms. The van der Waals surface area contributed by atoms with Crippen LogP contribution < -0.4 is 5.73 Å². The van der Waals surface area contributed by atoms with Gasteiger partial charge in [-0.05, 0) is 18.7 Å². The fourth-order valence-electron chi connectivity index (χ4n) is 1.21. The Bertz CT molecular complexity index is 421. The molecule has 14 heavy (non-hydrogen) atoms. The number of nitrogens with zero attached hydrogens (tertiary/aromatic N) is 1. The minimum absolute atomic E-state index is 0.609. The van der Waals surface area contributed by atoms with E-state index in [2.05, 4.69) is 9.97 Å². The second kappa shape index (κ2) is 4.13. The van der Waals surface area contributed by atoms with Crippen LogP contribution in [0.3, 0.4) is 0 Å². The fourth-order valence-corrected chi connectivity index (χ4v) is 2.22. The summed E-state index contributed by atoms with van der Waals surface area (Å²) in [5.41, 5.74) is 6.44. The Kier molecular flexibility index (Phi) is 2.86. The average Bonchev–Trinajstić information content (AvgIpc) is 2.74. The molecule has 74 valence electrons. The van der Waals surface area contributed by atoms with E-state index in [9.17, 15) is 0 Å². The molecule has 0 amide bonds. The summed E-state index contributed by atoms with van der Waals surface area (Å²) in [5.74, 6) is 0.923. The Morgan fingerprint density at radius 1 is 1.50 bits per heavy atom. The van der Waals surface area contributed by atoms with Crippen LogP contribution in [0.5, 0.6) is 0 Å². The van der Waals surface area contributed by atoms with Crippen LogP contribution in [0.15, 0.2) is 18.3 Å². The van der Waals surface area contributed by atoms with Crippen LogP contribution in [-0.4, -0.2) is 16.5 Å². The van der Waals surface area contributed by atoms with E-state index in [0.29, 0.717) is 6.54 Å². The lowest BCUT2D eigenvalue weighted by atomic mass is 10.4. The van der Waals surface area contributed by atoms with Crippen LogP contribution in [0, 0.1) is 0 Å². The third-order valence-electron chi connectivity index (χ3n) is 1.85. The monoisotopic (exact) mass is 227 g/mol. The van der Waals surface area contributed by atoms with Crippen LogP contribution in [0.4, 0.5) is 0 Å². The molecule has 0 fully saturated rings. The van der Waals surface area contributed by atoms with Crippen molar-refractivity contribution >= 4 is 22.9 Å². The van der Waals surface area contributed by atoms with Crippen molar-refractivity contribution in [2.24, 2.45) is 5.73 Å². The van der Waals surface area contributed by atoms with Crippen molar-refractivity contribution in [3.05, 3.63) is 28.5 Å². The lowest BCUT2D eigenvalue weighted by Crippen LogP contribution is -2.03. The van der Waals surface area contributed by atoms with E-state index in [0.717, 1.165) is 27.2 Å². The maximum atomic E-state index is 5.84. The molecule has 0 saturated heterocycles. The summed E-state index contributed by atoms with van der Waals surface area (Å²) in [6.07, 6.45) is 2.59. The van der Waals surface area contributed by atoms with Gasteiger partial charge in [0.05, 0.1) is 21.1 Å². The number of aromatic amines is 1. The summed E-state index contributed by atoms with van der Waals surface area (Å²) in [7, 11) is 0. The number of nitrogens with two attached hydrogens (primary N) is 1. The molecule has 0 unspecified atom stereocenters. The summed E-state index contributed by atoms with van der Waals surface area (Å²) in [6.45, 7) is 0.609. The molecular formula is C9H10ClN3S. The van der Waals surface area contributed by atoms with Crippen molar-refractivity contribution in [1.29, 1.82) is 0 Å². The van der Waals surface area contributed by atoms with E-state index < -0.39 is 0 Å². The van der Waals surface area contributed by atoms with Gasteiger partial charge in [0.25, 0.3) is 0 Å². The number of halogens is 1. The fraction of sp³-hybridized carbons (Fsp3) is 0.222. The van der Waals surface area contributed by atoms with Crippen LogP contribution in [0.2, 0.25) is 4.34 Å². The van der Waals surface area contributed by atoms with Gasteiger partial charge in [0.1, 0.15) is 5.82 Å². The second-order valence-electron chi connectivity index (χ2n) is 2.89. The van der Waals surface area contributed by atoms with E-state index in [-0.39, 0.29) is 0 Å². The number of imidazole rings is 1. The van der Waals surface area contributed by atoms with Gasteiger partial charge in [-0.1, -0.05) is 11.6 Å². The first-order valence-corrected chi connectivity index (χ1v) is 5.48. The number of aromatic nitrogens is 2. The smallest absolute Gasteiger partial charge is 0.107 e. The normalized spacial score (nSPS) is 10.7. The topological polar surface area (TPSA) is 54.7 Å². The maximum Gasteiger partial charge on any atom is 0.107 e. The average molecular weight is 228 g/mol. The van der Waals surface area contributed by atoms with Crippen LogP contribution in [0.1, 0.15) is 5.82 Å². The molecule has 2 rings (SSSR count). The van der Waals surface area contributed by atoms with Crippen molar-refractivity contribution in [2.75, 3.05) is 6.54 Å². The summed E-state index contributed by atoms with van der Waals surface area (Å²) in [5, 5.41) is 0. The van der Waals surface area contributed by atoms with Gasteiger partial charge in [-0.15, -0.1) is 11.3 Å². The third-order valence-corrected chi connectivity index (χ3v) is 3.11. The third kappa shape index (κ3) is 1.97. The Balaban J connectivity index is 2.24. The molecule has 0 bridgehead atoms. The molecule has 0 saturated carbocycles. The molecular weight excluding hydrogens is 218 g/mol. The highest BCUT2D eigenvalue weighted by Crippen LogP contribution is 2.29. The number of H-pyrrole nitrogens is 1. The molecule has 0 aromatic carbocycles. The minimum Gasteiger partial charge on any atom is -0.341 e. The van der Waals surface area contributed by atoms with E-state index in [1.807, 2.05) is 18.3 Å². The van der Waals surface area contributed by atoms with Gasteiger partial charge in [-0.3, -0.25) is 0 Å². The lowest BCUT2D eigenvalue weighted by Gasteiger charge is -1.91. The molecule has 0 atom stereocenters. The zero-order valence-electron chi connectivity index (χ0n) is 7.46. The van der Waals surface area contributed by atoms with Crippen LogP contribution in [-0.2, 0) is 6.42 Å². The van der Waals surface area contributed by atoms with Gasteiger partial charge in [0.2, 0.25) is 0 Å². The van der Waals surface area contributed by atoms with Gasteiger partial charge in [0.15, 0.2) is 0 Å². The van der Waals surface area contributed by atoms with E-state index in [4.69, 9.17) is 17.3 Å². The Morgan fingerprint density at radius 2 is 2.36 bits per heavy atom. The largest absolute Gasteiger partial charge is 0.341 e. The Morgan fingerprint density at radius 3 is 3.00 bits per heavy atom. The van der Waals surface area contributed by atoms with Gasteiger partial charge >= 0.3 is 0 Å². The molecule has 3 nitrogen and oxygen atoms in total. The second-order valence-corrected chi connectivity index (χ2v) is 4.60. The zero-order chi connectivity index (χ0) is 9.97. The molecule has 3 N–H and O–H groups in total. The number of nitrogens with one attached hydrogen (secondary N) is 1. The summed E-state index contributed by atoms with van der Waals surface area (Å²) in [4.78, 5) is 8.53. The van der Waals surface area contributed by atoms with Crippen LogP contribution in [0.25, 0.3) is 10.6 Å². The van der Waals surface area contributed by atoms with Crippen molar-refractivity contribution in [3.8, 4) is 10.6 Å².